The van der Waals surface area contributed by atoms with Crippen LogP contribution in [0.15, 0.2) is 59.7 Å². The van der Waals surface area contributed by atoms with Crippen LogP contribution in [0.4, 0.5) is 0 Å². The van der Waals surface area contributed by atoms with Crippen LogP contribution < -0.4 is 10.5 Å². The normalized spacial score (nSPS) is 11.3. The molecule has 0 amide bonds. The summed E-state index contributed by atoms with van der Waals surface area (Å²) in [5, 5.41) is 3.48. The summed E-state index contributed by atoms with van der Waals surface area (Å²) in [4.78, 5) is 14.7. The van der Waals surface area contributed by atoms with E-state index in [1.54, 1.807) is 0 Å². The van der Waals surface area contributed by atoms with Gasteiger partial charge in [0.1, 0.15) is 18.4 Å². The van der Waals surface area contributed by atoms with Gasteiger partial charge in [0.25, 0.3) is 0 Å². The van der Waals surface area contributed by atoms with E-state index in [-0.39, 0.29) is 6.61 Å². The van der Waals surface area contributed by atoms with Crippen molar-refractivity contribution < 1.29 is 14.3 Å². The zero-order chi connectivity index (χ0) is 19.3. The first-order valence-corrected chi connectivity index (χ1v) is 8.88. The quantitative estimate of drug-likeness (QED) is 0.214. The maximum absolute atomic E-state index is 12.0. The van der Waals surface area contributed by atoms with Crippen LogP contribution in [-0.4, -0.2) is 25.2 Å². The summed E-state index contributed by atoms with van der Waals surface area (Å²) in [6, 6.07) is 16.3. The number of hydrogen-bond donors (Lipinski definition) is 1. The molecule has 0 bridgehead atoms. The van der Waals surface area contributed by atoms with Crippen LogP contribution in [0, 0.1) is 0 Å². The molecule has 27 heavy (non-hydrogen) atoms. The van der Waals surface area contributed by atoms with E-state index in [0.29, 0.717) is 19.6 Å². The molecule has 0 aliphatic rings. The van der Waals surface area contributed by atoms with E-state index in [0.717, 1.165) is 29.7 Å². The number of carbonyl (C=O) groups is 1. The Labute approximate surface area is 158 Å². The molecule has 0 heterocycles. The van der Waals surface area contributed by atoms with Gasteiger partial charge in [-0.15, -0.1) is 0 Å². The summed E-state index contributed by atoms with van der Waals surface area (Å²) in [7, 11) is 0. The monoisotopic (exact) mass is 368 g/mol. The van der Waals surface area contributed by atoms with Gasteiger partial charge in [-0.2, -0.15) is 0 Å². The minimum atomic E-state index is -0.707. The Morgan fingerprint density at radius 3 is 2.52 bits per heavy atom. The lowest BCUT2D eigenvalue weighted by atomic mass is 10.1. The number of azide groups is 1. The molecule has 0 spiro atoms. The lowest BCUT2D eigenvalue weighted by Gasteiger charge is -2.12. The third-order valence-corrected chi connectivity index (χ3v) is 3.89. The Balaban J connectivity index is 1.71. The van der Waals surface area contributed by atoms with E-state index < -0.39 is 12.0 Å². The van der Waals surface area contributed by atoms with Crippen molar-refractivity contribution >= 4 is 5.97 Å². The number of nitrogens with zero attached hydrogens (tertiary/aromatic N) is 3. The minimum absolute atomic E-state index is 0.222. The van der Waals surface area contributed by atoms with E-state index in [9.17, 15) is 4.79 Å². The molecule has 2 N–H and O–H groups in total. The van der Waals surface area contributed by atoms with Gasteiger partial charge in [0, 0.05) is 11.5 Å². The van der Waals surface area contributed by atoms with Gasteiger partial charge in [-0.1, -0.05) is 47.6 Å². The van der Waals surface area contributed by atoms with Crippen molar-refractivity contribution in [2.45, 2.75) is 31.9 Å². The second-order valence-corrected chi connectivity index (χ2v) is 6.06. The molecule has 142 valence electrons. The number of hydrogen-bond acceptors (Lipinski definition) is 5. The summed E-state index contributed by atoms with van der Waals surface area (Å²) in [6.07, 6.45) is 2.01. The average Bonchev–Trinajstić information content (AvgIpc) is 2.70. The topological polar surface area (TPSA) is 110 Å². The molecule has 1 atom stereocenters. The molecule has 0 unspecified atom stereocenters. The third-order valence-electron chi connectivity index (χ3n) is 3.89. The van der Waals surface area contributed by atoms with Gasteiger partial charge in [-0.25, -0.2) is 0 Å². The number of esters is 1. The highest BCUT2D eigenvalue weighted by Crippen LogP contribution is 2.14. The summed E-state index contributed by atoms with van der Waals surface area (Å²) >= 11 is 0. The van der Waals surface area contributed by atoms with Gasteiger partial charge >= 0.3 is 5.97 Å². The number of benzene rings is 2. The number of carbonyl (C=O) groups excluding carboxylic acids is 1. The van der Waals surface area contributed by atoms with Gasteiger partial charge in [0.15, 0.2) is 0 Å². The Morgan fingerprint density at radius 2 is 1.81 bits per heavy atom. The predicted molar refractivity (Wildman–Crippen MR) is 103 cm³/mol. The Kier molecular flexibility index (Phi) is 8.69. The number of ether oxygens (including phenoxy) is 2. The van der Waals surface area contributed by atoms with Crippen molar-refractivity contribution in [3.05, 3.63) is 76.2 Å². The van der Waals surface area contributed by atoms with Crippen molar-refractivity contribution in [3.63, 3.8) is 0 Å². The molecular formula is C20H24N4O3. The van der Waals surface area contributed by atoms with Crippen molar-refractivity contribution in [2.24, 2.45) is 10.8 Å². The molecule has 0 radical (unpaired) electrons. The largest absolute Gasteiger partial charge is 0.494 e. The van der Waals surface area contributed by atoms with Crippen LogP contribution in [0.25, 0.3) is 10.4 Å². The molecular weight excluding hydrogens is 344 g/mol. The Hall–Kier alpha value is -3.02. The molecule has 7 heteroatoms. The fourth-order valence-electron chi connectivity index (χ4n) is 2.41. The molecule has 2 aromatic rings. The Bertz CT molecular complexity index is 744. The van der Waals surface area contributed by atoms with Gasteiger partial charge in [-0.05, 0) is 48.1 Å². The van der Waals surface area contributed by atoms with Crippen molar-refractivity contribution in [1.82, 2.24) is 0 Å². The standard InChI is InChI=1S/C20H24N4O3/c21-19(20(25)27-15-17-6-2-1-3-7-17)14-16-8-10-18(11-9-16)26-13-5-4-12-23-24-22/h1-3,6-11,19H,4-5,12-15,21H2/t19-/m1/s1. The van der Waals surface area contributed by atoms with Gasteiger partial charge in [-0.3, -0.25) is 4.79 Å². The zero-order valence-corrected chi connectivity index (χ0v) is 15.2. The van der Waals surface area contributed by atoms with Crippen molar-refractivity contribution in [1.29, 1.82) is 0 Å². The van der Waals surface area contributed by atoms with Crippen molar-refractivity contribution in [3.8, 4) is 5.75 Å². The van der Waals surface area contributed by atoms with Gasteiger partial charge in [0.05, 0.1) is 6.61 Å². The van der Waals surface area contributed by atoms with Crippen LogP contribution in [0.3, 0.4) is 0 Å². The fraction of sp³-hybridized carbons (Fsp3) is 0.350. The van der Waals surface area contributed by atoms with Gasteiger partial charge in [0.2, 0.25) is 0 Å². The maximum atomic E-state index is 12.0. The predicted octanol–water partition coefficient (Wildman–Crippen LogP) is 3.77. The van der Waals surface area contributed by atoms with E-state index in [2.05, 4.69) is 10.0 Å². The maximum Gasteiger partial charge on any atom is 0.323 e. The minimum Gasteiger partial charge on any atom is -0.494 e. The second-order valence-electron chi connectivity index (χ2n) is 6.06. The molecule has 0 aliphatic carbocycles. The smallest absolute Gasteiger partial charge is 0.323 e. The van der Waals surface area contributed by atoms with E-state index in [1.165, 1.54) is 0 Å². The van der Waals surface area contributed by atoms with E-state index in [4.69, 9.17) is 20.7 Å². The molecule has 2 aromatic carbocycles. The van der Waals surface area contributed by atoms with Crippen LogP contribution in [0.2, 0.25) is 0 Å². The summed E-state index contributed by atoms with van der Waals surface area (Å²) in [5.74, 6) is 0.335. The van der Waals surface area contributed by atoms with Crippen LogP contribution in [0.5, 0.6) is 5.75 Å². The van der Waals surface area contributed by atoms with Crippen LogP contribution >= 0.6 is 0 Å². The molecule has 0 aromatic heterocycles. The molecule has 2 rings (SSSR count). The highest BCUT2D eigenvalue weighted by atomic mass is 16.5. The second kappa shape index (κ2) is 11.6. The molecule has 0 saturated heterocycles. The van der Waals surface area contributed by atoms with Gasteiger partial charge < -0.3 is 15.2 Å². The molecule has 0 aliphatic heterocycles. The summed E-state index contributed by atoms with van der Waals surface area (Å²) in [5.41, 5.74) is 16.0. The summed E-state index contributed by atoms with van der Waals surface area (Å²) in [6.45, 7) is 1.27. The van der Waals surface area contributed by atoms with E-state index >= 15 is 0 Å². The molecule has 7 nitrogen and oxygen atoms in total. The molecule has 0 fully saturated rings. The van der Waals surface area contributed by atoms with Crippen LogP contribution in [-0.2, 0) is 22.6 Å². The number of unbranched alkanes of at least 4 members (excludes halogenated alkanes) is 1. The van der Waals surface area contributed by atoms with E-state index in [1.807, 2.05) is 54.6 Å². The average molecular weight is 368 g/mol. The lowest BCUT2D eigenvalue weighted by molar-refractivity contribution is -0.146. The fourth-order valence-corrected chi connectivity index (χ4v) is 2.41. The first kappa shape index (κ1) is 20.3. The SMILES string of the molecule is [N-]=[N+]=NCCCCOc1ccc(C[C@@H](N)C(=O)OCc2ccccc2)cc1. The first-order valence-electron chi connectivity index (χ1n) is 8.88. The first-order chi connectivity index (χ1) is 13.2. The number of nitrogens with two attached hydrogens (primary N) is 1. The number of rotatable bonds is 11. The zero-order valence-electron chi connectivity index (χ0n) is 15.2. The van der Waals surface area contributed by atoms with Crippen molar-refractivity contribution in [2.75, 3.05) is 13.2 Å². The Morgan fingerprint density at radius 1 is 1.07 bits per heavy atom. The highest BCUT2D eigenvalue weighted by molar-refractivity contribution is 5.75. The van der Waals surface area contributed by atoms with Crippen LogP contribution in [0.1, 0.15) is 24.0 Å². The highest BCUT2D eigenvalue weighted by Gasteiger charge is 2.15. The molecule has 0 saturated carbocycles. The third kappa shape index (κ3) is 7.81. The lowest BCUT2D eigenvalue weighted by Crippen LogP contribution is -2.34. The summed E-state index contributed by atoms with van der Waals surface area (Å²) < 4.78 is 10.9.